The van der Waals surface area contributed by atoms with Gasteiger partial charge in [-0.2, -0.15) is 0 Å². The first kappa shape index (κ1) is 10.7. The molecule has 0 atom stereocenters. The molecule has 2 aromatic carbocycles. The van der Waals surface area contributed by atoms with Crippen LogP contribution in [0.3, 0.4) is 0 Å². The van der Waals surface area contributed by atoms with E-state index in [0.717, 1.165) is 22.3 Å². The Morgan fingerprint density at radius 3 is 2.69 bits per heavy atom. The standard InChI is InChI=1S/C14H15NO/c1-10-5-6-14(16)13(7-10)12-4-2-3-11(8-12)9-15/h2-8,16H,9,15H2,1H3. The van der Waals surface area contributed by atoms with Crippen LogP contribution in [0.25, 0.3) is 11.1 Å². The van der Waals surface area contributed by atoms with Crippen LogP contribution >= 0.6 is 0 Å². The van der Waals surface area contributed by atoms with E-state index >= 15 is 0 Å². The molecular weight excluding hydrogens is 198 g/mol. The second kappa shape index (κ2) is 4.37. The largest absolute Gasteiger partial charge is 0.507 e. The van der Waals surface area contributed by atoms with Crippen LogP contribution < -0.4 is 5.73 Å². The molecule has 0 saturated carbocycles. The fraction of sp³-hybridized carbons (Fsp3) is 0.143. The smallest absolute Gasteiger partial charge is 0.123 e. The van der Waals surface area contributed by atoms with E-state index in [4.69, 9.17) is 5.73 Å². The topological polar surface area (TPSA) is 46.2 Å². The summed E-state index contributed by atoms with van der Waals surface area (Å²) in [5.74, 6) is 0.305. The maximum atomic E-state index is 9.82. The van der Waals surface area contributed by atoms with Crippen molar-refractivity contribution in [2.24, 2.45) is 5.73 Å². The lowest BCUT2D eigenvalue weighted by Crippen LogP contribution is -1.95. The minimum atomic E-state index is 0.305. The summed E-state index contributed by atoms with van der Waals surface area (Å²) in [7, 11) is 0. The molecule has 0 heterocycles. The number of aromatic hydroxyl groups is 1. The molecule has 0 spiro atoms. The second-order valence-corrected chi connectivity index (χ2v) is 3.93. The predicted octanol–water partition coefficient (Wildman–Crippen LogP) is 2.83. The highest BCUT2D eigenvalue weighted by molar-refractivity contribution is 5.71. The van der Waals surface area contributed by atoms with Gasteiger partial charge >= 0.3 is 0 Å². The first-order valence-corrected chi connectivity index (χ1v) is 5.29. The molecule has 0 radical (unpaired) electrons. The van der Waals surface area contributed by atoms with Crippen molar-refractivity contribution in [2.45, 2.75) is 13.5 Å². The summed E-state index contributed by atoms with van der Waals surface area (Å²) in [5, 5.41) is 9.82. The van der Waals surface area contributed by atoms with Crippen molar-refractivity contribution in [3.8, 4) is 16.9 Å². The fourth-order valence-electron chi connectivity index (χ4n) is 1.75. The van der Waals surface area contributed by atoms with E-state index in [-0.39, 0.29) is 0 Å². The van der Waals surface area contributed by atoms with Crippen molar-refractivity contribution in [1.82, 2.24) is 0 Å². The molecule has 0 bridgehead atoms. The Kier molecular flexibility index (Phi) is 2.93. The number of nitrogens with two attached hydrogens (primary N) is 1. The third-order valence-electron chi connectivity index (χ3n) is 2.63. The summed E-state index contributed by atoms with van der Waals surface area (Å²) < 4.78 is 0. The van der Waals surface area contributed by atoms with E-state index < -0.39 is 0 Å². The van der Waals surface area contributed by atoms with Gasteiger partial charge in [-0.05, 0) is 36.2 Å². The average Bonchev–Trinajstić information content (AvgIpc) is 2.32. The Bertz CT molecular complexity index is 506. The molecule has 0 aliphatic carbocycles. The Hall–Kier alpha value is -1.80. The van der Waals surface area contributed by atoms with Crippen LogP contribution in [-0.4, -0.2) is 5.11 Å². The maximum Gasteiger partial charge on any atom is 0.123 e. The average molecular weight is 213 g/mol. The number of benzene rings is 2. The number of phenols is 1. The molecule has 3 N–H and O–H groups in total. The lowest BCUT2D eigenvalue weighted by molar-refractivity contribution is 0.477. The van der Waals surface area contributed by atoms with E-state index in [1.54, 1.807) is 6.07 Å². The highest BCUT2D eigenvalue weighted by atomic mass is 16.3. The zero-order valence-electron chi connectivity index (χ0n) is 9.27. The lowest BCUT2D eigenvalue weighted by Gasteiger charge is -2.07. The highest BCUT2D eigenvalue weighted by Gasteiger charge is 2.04. The quantitative estimate of drug-likeness (QED) is 0.805. The third kappa shape index (κ3) is 2.07. The molecule has 0 fully saturated rings. The van der Waals surface area contributed by atoms with E-state index in [2.05, 4.69) is 0 Å². The second-order valence-electron chi connectivity index (χ2n) is 3.93. The molecule has 2 aromatic rings. The molecular formula is C14H15NO. The molecule has 0 amide bonds. The van der Waals surface area contributed by atoms with Gasteiger partial charge in [-0.25, -0.2) is 0 Å². The van der Waals surface area contributed by atoms with Gasteiger partial charge < -0.3 is 10.8 Å². The van der Waals surface area contributed by atoms with E-state index in [0.29, 0.717) is 12.3 Å². The van der Waals surface area contributed by atoms with E-state index in [1.807, 2.05) is 43.3 Å². The molecule has 16 heavy (non-hydrogen) atoms. The summed E-state index contributed by atoms with van der Waals surface area (Å²) in [6, 6.07) is 13.5. The van der Waals surface area contributed by atoms with E-state index in [9.17, 15) is 5.11 Å². The lowest BCUT2D eigenvalue weighted by atomic mass is 10.0. The van der Waals surface area contributed by atoms with Crippen LogP contribution in [0.4, 0.5) is 0 Å². The minimum Gasteiger partial charge on any atom is -0.507 e. The predicted molar refractivity (Wildman–Crippen MR) is 66.2 cm³/mol. The molecule has 2 nitrogen and oxygen atoms in total. The van der Waals surface area contributed by atoms with Crippen LogP contribution in [0.1, 0.15) is 11.1 Å². The van der Waals surface area contributed by atoms with Gasteiger partial charge in [0.25, 0.3) is 0 Å². The Labute approximate surface area is 95.4 Å². The monoisotopic (exact) mass is 213 g/mol. The van der Waals surface area contributed by atoms with Gasteiger partial charge in [0.2, 0.25) is 0 Å². The summed E-state index contributed by atoms with van der Waals surface area (Å²) in [6.45, 7) is 2.52. The van der Waals surface area contributed by atoms with Gasteiger partial charge in [0.05, 0.1) is 0 Å². The summed E-state index contributed by atoms with van der Waals surface area (Å²) in [6.07, 6.45) is 0. The van der Waals surface area contributed by atoms with Crippen LogP contribution in [0.2, 0.25) is 0 Å². The molecule has 82 valence electrons. The SMILES string of the molecule is Cc1ccc(O)c(-c2cccc(CN)c2)c1. The van der Waals surface area contributed by atoms with Crippen LogP contribution in [-0.2, 0) is 6.54 Å². The van der Waals surface area contributed by atoms with Crippen LogP contribution in [0.5, 0.6) is 5.75 Å². The van der Waals surface area contributed by atoms with Crippen molar-refractivity contribution in [3.63, 3.8) is 0 Å². The van der Waals surface area contributed by atoms with Crippen molar-refractivity contribution in [1.29, 1.82) is 0 Å². The summed E-state index contributed by atoms with van der Waals surface area (Å²) in [4.78, 5) is 0. The number of rotatable bonds is 2. The van der Waals surface area contributed by atoms with Crippen molar-refractivity contribution < 1.29 is 5.11 Å². The molecule has 2 rings (SSSR count). The molecule has 0 aromatic heterocycles. The zero-order chi connectivity index (χ0) is 11.5. The molecule has 0 aliphatic heterocycles. The van der Waals surface area contributed by atoms with Crippen molar-refractivity contribution in [2.75, 3.05) is 0 Å². The van der Waals surface area contributed by atoms with E-state index in [1.165, 1.54) is 0 Å². The zero-order valence-corrected chi connectivity index (χ0v) is 9.27. The molecule has 0 aliphatic rings. The number of phenolic OH excluding ortho intramolecular Hbond substituents is 1. The first-order chi connectivity index (χ1) is 7.70. The van der Waals surface area contributed by atoms with Gasteiger partial charge in [-0.3, -0.25) is 0 Å². The van der Waals surface area contributed by atoms with Gasteiger partial charge in [0.1, 0.15) is 5.75 Å². The van der Waals surface area contributed by atoms with Crippen molar-refractivity contribution >= 4 is 0 Å². The normalized spacial score (nSPS) is 10.4. The Morgan fingerprint density at radius 2 is 1.94 bits per heavy atom. The summed E-state index contributed by atoms with van der Waals surface area (Å²) >= 11 is 0. The van der Waals surface area contributed by atoms with Gasteiger partial charge in [0, 0.05) is 12.1 Å². The third-order valence-corrected chi connectivity index (χ3v) is 2.63. The molecule has 2 heteroatoms. The highest BCUT2D eigenvalue weighted by Crippen LogP contribution is 2.30. The molecule has 0 saturated heterocycles. The van der Waals surface area contributed by atoms with Gasteiger partial charge in [-0.1, -0.05) is 29.8 Å². The van der Waals surface area contributed by atoms with Gasteiger partial charge in [-0.15, -0.1) is 0 Å². The Morgan fingerprint density at radius 1 is 1.12 bits per heavy atom. The van der Waals surface area contributed by atoms with Crippen molar-refractivity contribution in [3.05, 3.63) is 53.6 Å². The number of hydrogen-bond donors (Lipinski definition) is 2. The molecule has 0 unspecified atom stereocenters. The van der Waals surface area contributed by atoms with Crippen LogP contribution in [0.15, 0.2) is 42.5 Å². The Balaban J connectivity index is 2.53. The van der Waals surface area contributed by atoms with Gasteiger partial charge in [0.15, 0.2) is 0 Å². The maximum absolute atomic E-state index is 9.82. The van der Waals surface area contributed by atoms with Crippen LogP contribution in [0, 0.1) is 6.92 Å². The first-order valence-electron chi connectivity index (χ1n) is 5.29. The number of hydrogen-bond acceptors (Lipinski definition) is 2. The minimum absolute atomic E-state index is 0.305. The summed E-state index contributed by atoms with van der Waals surface area (Å²) in [5.41, 5.74) is 9.66. The fourth-order valence-corrected chi connectivity index (χ4v) is 1.75. The number of aryl methyl sites for hydroxylation is 1.